The van der Waals surface area contributed by atoms with Crippen molar-refractivity contribution in [2.45, 2.75) is 65.0 Å². The lowest BCUT2D eigenvalue weighted by atomic mass is 10.0. The molecule has 1 saturated carbocycles. The Morgan fingerprint density at radius 3 is 2.82 bits per heavy atom. The van der Waals surface area contributed by atoms with Crippen LogP contribution in [0.3, 0.4) is 0 Å². The predicted octanol–water partition coefficient (Wildman–Crippen LogP) is 2.69. The first-order valence-electron chi connectivity index (χ1n) is 6.79. The van der Waals surface area contributed by atoms with Gasteiger partial charge in [0.25, 0.3) is 0 Å². The summed E-state index contributed by atoms with van der Waals surface area (Å²) in [5.74, 6) is 2.47. The van der Waals surface area contributed by atoms with Gasteiger partial charge in [0.05, 0.1) is 6.54 Å². The quantitative estimate of drug-likeness (QED) is 0.826. The average molecular weight is 237 g/mol. The summed E-state index contributed by atoms with van der Waals surface area (Å²) in [4.78, 5) is 4.40. The van der Waals surface area contributed by atoms with Crippen LogP contribution in [-0.2, 0) is 13.0 Å². The number of nitrogens with one attached hydrogen (secondary N) is 1. The van der Waals surface area contributed by atoms with Crippen molar-refractivity contribution >= 4 is 0 Å². The molecule has 1 N–H and O–H groups in total. The molecule has 0 bridgehead atoms. The minimum Gasteiger partial charge on any atom is -0.339 e. The van der Waals surface area contributed by atoms with E-state index in [0.29, 0.717) is 12.6 Å². The third-order valence-electron chi connectivity index (χ3n) is 3.42. The van der Waals surface area contributed by atoms with E-state index in [1.54, 1.807) is 0 Å². The van der Waals surface area contributed by atoms with Gasteiger partial charge in [0.2, 0.25) is 5.89 Å². The molecule has 1 aliphatic carbocycles. The Labute approximate surface area is 103 Å². The SMILES string of the molecule is CC(C)NCc1noc(CCC2CCCC2)n1. The van der Waals surface area contributed by atoms with Gasteiger partial charge >= 0.3 is 0 Å². The van der Waals surface area contributed by atoms with Crippen LogP contribution in [0.25, 0.3) is 0 Å². The molecular formula is C13H23N3O. The Balaban J connectivity index is 1.73. The van der Waals surface area contributed by atoms with E-state index >= 15 is 0 Å². The van der Waals surface area contributed by atoms with Gasteiger partial charge in [-0.3, -0.25) is 0 Å². The summed E-state index contributed by atoms with van der Waals surface area (Å²) in [6.07, 6.45) is 7.72. The van der Waals surface area contributed by atoms with Crippen LogP contribution in [0.2, 0.25) is 0 Å². The van der Waals surface area contributed by atoms with Gasteiger partial charge in [-0.2, -0.15) is 4.98 Å². The first kappa shape index (κ1) is 12.6. The molecular weight excluding hydrogens is 214 g/mol. The number of nitrogens with zero attached hydrogens (tertiary/aromatic N) is 2. The number of hydrogen-bond acceptors (Lipinski definition) is 4. The third-order valence-corrected chi connectivity index (χ3v) is 3.42. The Bertz CT molecular complexity index is 329. The highest BCUT2D eigenvalue weighted by molar-refractivity contribution is 4.87. The Morgan fingerprint density at radius 1 is 1.35 bits per heavy atom. The van der Waals surface area contributed by atoms with E-state index in [1.165, 1.54) is 32.1 Å². The van der Waals surface area contributed by atoms with Crippen molar-refractivity contribution in [2.75, 3.05) is 0 Å². The van der Waals surface area contributed by atoms with Crippen LogP contribution >= 0.6 is 0 Å². The summed E-state index contributed by atoms with van der Waals surface area (Å²) in [7, 11) is 0. The Morgan fingerprint density at radius 2 is 2.12 bits per heavy atom. The fourth-order valence-corrected chi connectivity index (χ4v) is 2.39. The zero-order valence-electron chi connectivity index (χ0n) is 10.9. The third kappa shape index (κ3) is 4.11. The molecule has 1 heterocycles. The molecule has 0 amide bonds. The van der Waals surface area contributed by atoms with Crippen LogP contribution < -0.4 is 5.32 Å². The maximum Gasteiger partial charge on any atom is 0.226 e. The summed E-state index contributed by atoms with van der Waals surface area (Å²) in [5.41, 5.74) is 0. The molecule has 1 aromatic heterocycles. The predicted molar refractivity (Wildman–Crippen MR) is 66.6 cm³/mol. The summed E-state index contributed by atoms with van der Waals surface area (Å²) >= 11 is 0. The Hall–Kier alpha value is -0.900. The molecule has 2 rings (SSSR count). The number of hydrogen-bond donors (Lipinski definition) is 1. The molecule has 1 aromatic rings. The van der Waals surface area contributed by atoms with Gasteiger partial charge in [-0.15, -0.1) is 0 Å². The monoisotopic (exact) mass is 237 g/mol. The molecule has 96 valence electrons. The van der Waals surface area contributed by atoms with Crippen molar-refractivity contribution in [3.63, 3.8) is 0 Å². The van der Waals surface area contributed by atoms with Crippen LogP contribution in [0.5, 0.6) is 0 Å². The molecule has 1 fully saturated rings. The first-order valence-corrected chi connectivity index (χ1v) is 6.79. The molecule has 0 radical (unpaired) electrons. The largest absolute Gasteiger partial charge is 0.339 e. The van der Waals surface area contributed by atoms with Gasteiger partial charge in [0.1, 0.15) is 0 Å². The van der Waals surface area contributed by atoms with Gasteiger partial charge in [-0.05, 0) is 12.3 Å². The average Bonchev–Trinajstić information content (AvgIpc) is 2.95. The summed E-state index contributed by atoms with van der Waals surface area (Å²) < 4.78 is 5.26. The smallest absolute Gasteiger partial charge is 0.226 e. The van der Waals surface area contributed by atoms with Crippen LogP contribution in [0.1, 0.15) is 57.7 Å². The zero-order chi connectivity index (χ0) is 12.1. The fourth-order valence-electron chi connectivity index (χ4n) is 2.39. The molecule has 4 heteroatoms. The minimum absolute atomic E-state index is 0.454. The van der Waals surface area contributed by atoms with E-state index in [0.717, 1.165) is 24.1 Å². The van der Waals surface area contributed by atoms with Crippen molar-refractivity contribution in [1.29, 1.82) is 0 Å². The summed E-state index contributed by atoms with van der Waals surface area (Å²) in [5, 5.41) is 7.27. The second-order valence-corrected chi connectivity index (χ2v) is 5.33. The number of aryl methyl sites for hydroxylation is 1. The fraction of sp³-hybridized carbons (Fsp3) is 0.846. The topological polar surface area (TPSA) is 51.0 Å². The van der Waals surface area contributed by atoms with Crippen LogP contribution in [0, 0.1) is 5.92 Å². The molecule has 17 heavy (non-hydrogen) atoms. The van der Waals surface area contributed by atoms with E-state index in [2.05, 4.69) is 29.3 Å². The van der Waals surface area contributed by atoms with Gasteiger partial charge in [-0.1, -0.05) is 44.7 Å². The van der Waals surface area contributed by atoms with Crippen LogP contribution in [0.15, 0.2) is 4.52 Å². The van der Waals surface area contributed by atoms with E-state index < -0.39 is 0 Å². The highest BCUT2D eigenvalue weighted by Crippen LogP contribution is 2.28. The maximum atomic E-state index is 5.26. The van der Waals surface area contributed by atoms with Crippen molar-refractivity contribution < 1.29 is 4.52 Å². The van der Waals surface area contributed by atoms with Gasteiger partial charge in [-0.25, -0.2) is 0 Å². The minimum atomic E-state index is 0.454. The molecule has 0 atom stereocenters. The number of rotatable bonds is 6. The van der Waals surface area contributed by atoms with E-state index in [-0.39, 0.29) is 0 Å². The highest BCUT2D eigenvalue weighted by Gasteiger charge is 2.16. The maximum absolute atomic E-state index is 5.26. The second-order valence-electron chi connectivity index (χ2n) is 5.33. The molecule has 0 aliphatic heterocycles. The highest BCUT2D eigenvalue weighted by atomic mass is 16.5. The van der Waals surface area contributed by atoms with Crippen molar-refractivity contribution in [3.8, 4) is 0 Å². The van der Waals surface area contributed by atoms with E-state index in [9.17, 15) is 0 Å². The van der Waals surface area contributed by atoms with Crippen molar-refractivity contribution in [1.82, 2.24) is 15.5 Å². The van der Waals surface area contributed by atoms with Gasteiger partial charge < -0.3 is 9.84 Å². The lowest BCUT2D eigenvalue weighted by Crippen LogP contribution is -2.22. The first-order chi connectivity index (χ1) is 8.24. The Kier molecular flexibility index (Phi) is 4.54. The molecule has 0 spiro atoms. The van der Waals surface area contributed by atoms with Crippen LogP contribution in [-0.4, -0.2) is 16.2 Å². The molecule has 4 nitrogen and oxygen atoms in total. The lowest BCUT2D eigenvalue weighted by Gasteiger charge is -2.05. The molecule has 0 aromatic carbocycles. The van der Waals surface area contributed by atoms with Crippen LogP contribution in [0.4, 0.5) is 0 Å². The summed E-state index contributed by atoms with van der Waals surface area (Å²) in [6.45, 7) is 4.92. The zero-order valence-corrected chi connectivity index (χ0v) is 10.9. The second kappa shape index (κ2) is 6.15. The standard InChI is InChI=1S/C13H23N3O/c1-10(2)14-9-12-15-13(17-16-12)8-7-11-5-3-4-6-11/h10-11,14H,3-9H2,1-2H3. The molecule has 1 aliphatic rings. The molecule has 0 unspecified atom stereocenters. The van der Waals surface area contributed by atoms with E-state index in [1.807, 2.05) is 0 Å². The lowest BCUT2D eigenvalue weighted by molar-refractivity contribution is 0.356. The number of aromatic nitrogens is 2. The normalized spacial score (nSPS) is 17.1. The molecule has 0 saturated heterocycles. The van der Waals surface area contributed by atoms with Crippen molar-refractivity contribution in [3.05, 3.63) is 11.7 Å². The van der Waals surface area contributed by atoms with Crippen molar-refractivity contribution in [2.24, 2.45) is 5.92 Å². The van der Waals surface area contributed by atoms with Gasteiger partial charge in [0, 0.05) is 12.5 Å². The van der Waals surface area contributed by atoms with E-state index in [4.69, 9.17) is 4.52 Å². The van der Waals surface area contributed by atoms with Gasteiger partial charge in [0.15, 0.2) is 5.82 Å². The summed E-state index contributed by atoms with van der Waals surface area (Å²) in [6, 6.07) is 0.454.